The lowest BCUT2D eigenvalue weighted by Crippen LogP contribution is -2.57. The lowest BCUT2D eigenvalue weighted by Gasteiger charge is -2.42. The van der Waals surface area contributed by atoms with E-state index in [2.05, 4.69) is 10.3 Å². The van der Waals surface area contributed by atoms with Crippen LogP contribution in [-0.2, 0) is 19.0 Å². The Kier molecular flexibility index (Phi) is 7.06. The van der Waals surface area contributed by atoms with Crippen molar-refractivity contribution in [1.29, 1.82) is 0 Å². The van der Waals surface area contributed by atoms with E-state index in [-0.39, 0.29) is 24.8 Å². The molecule has 2 rings (SSSR count). The summed E-state index contributed by atoms with van der Waals surface area (Å²) in [6.45, 7) is 6.26. The Morgan fingerprint density at radius 2 is 1.97 bits per heavy atom. The number of ether oxygens (including phenoxy) is 1. The maximum Gasteiger partial charge on any atom is 0.410 e. The van der Waals surface area contributed by atoms with Crippen LogP contribution in [0.3, 0.4) is 0 Å². The molecule has 1 aliphatic rings. The Labute approximate surface area is 171 Å². The van der Waals surface area contributed by atoms with Gasteiger partial charge in [0.25, 0.3) is 16.0 Å². The predicted molar refractivity (Wildman–Crippen MR) is 107 cm³/mol. The van der Waals surface area contributed by atoms with Crippen LogP contribution in [-0.4, -0.2) is 81.5 Å². The Hall–Kier alpha value is -2.40. The first-order valence-electron chi connectivity index (χ1n) is 9.17. The highest BCUT2D eigenvalue weighted by atomic mass is 32.2. The van der Waals surface area contributed by atoms with Gasteiger partial charge in [-0.25, -0.2) is 9.78 Å². The van der Waals surface area contributed by atoms with Crippen molar-refractivity contribution in [2.24, 2.45) is 0 Å². The smallest absolute Gasteiger partial charge is 0.410 e. The first-order chi connectivity index (χ1) is 13.4. The van der Waals surface area contributed by atoms with Gasteiger partial charge in [0, 0.05) is 26.7 Å². The molecule has 0 aromatic carbocycles. The van der Waals surface area contributed by atoms with Crippen molar-refractivity contribution in [3.63, 3.8) is 0 Å². The van der Waals surface area contributed by atoms with Crippen LogP contribution in [0.1, 0.15) is 31.3 Å². The molecule has 2 heterocycles. The number of amides is 2. The van der Waals surface area contributed by atoms with Gasteiger partial charge >= 0.3 is 6.09 Å². The molecule has 1 aliphatic heterocycles. The van der Waals surface area contributed by atoms with Gasteiger partial charge in [-0.2, -0.15) is 8.42 Å². The van der Waals surface area contributed by atoms with Crippen LogP contribution >= 0.6 is 0 Å². The number of rotatable bonds is 5. The second-order valence-corrected chi connectivity index (χ2v) is 9.39. The summed E-state index contributed by atoms with van der Waals surface area (Å²) < 4.78 is 33.4. The summed E-state index contributed by atoms with van der Waals surface area (Å²) in [4.78, 5) is 31.7. The first-order valence-corrected chi connectivity index (χ1v) is 11.0. The summed E-state index contributed by atoms with van der Waals surface area (Å²) >= 11 is 0. The SMILES string of the molecule is CNC(=O)c1ccc(N2CCN(C(=O)OC(C)(C)C)CC2COS(C)(=O)=O)cn1. The Morgan fingerprint density at radius 1 is 1.28 bits per heavy atom. The molecule has 0 bridgehead atoms. The average Bonchev–Trinajstić information content (AvgIpc) is 2.63. The third kappa shape index (κ3) is 6.86. The number of nitrogens with zero attached hydrogens (tertiary/aromatic N) is 3. The van der Waals surface area contributed by atoms with Crippen LogP contribution < -0.4 is 10.2 Å². The number of hydrogen-bond acceptors (Lipinski definition) is 8. The Balaban J connectivity index is 2.19. The van der Waals surface area contributed by atoms with Crippen molar-refractivity contribution in [2.75, 3.05) is 44.4 Å². The number of anilines is 1. The van der Waals surface area contributed by atoms with Crippen LogP contribution in [0, 0.1) is 0 Å². The number of pyridine rings is 1. The number of piperazine rings is 1. The van der Waals surface area contributed by atoms with Gasteiger partial charge in [0.1, 0.15) is 11.3 Å². The highest BCUT2D eigenvalue weighted by Crippen LogP contribution is 2.22. The van der Waals surface area contributed by atoms with E-state index in [9.17, 15) is 18.0 Å². The molecule has 0 saturated carbocycles. The summed E-state index contributed by atoms with van der Waals surface area (Å²) in [6.07, 6.45) is 2.06. The highest BCUT2D eigenvalue weighted by molar-refractivity contribution is 7.85. The molecule has 11 heteroatoms. The van der Waals surface area contributed by atoms with E-state index >= 15 is 0 Å². The van der Waals surface area contributed by atoms with E-state index in [1.54, 1.807) is 39.1 Å². The Morgan fingerprint density at radius 3 is 2.48 bits per heavy atom. The van der Waals surface area contributed by atoms with Gasteiger partial charge < -0.3 is 19.9 Å². The quantitative estimate of drug-likeness (QED) is 0.686. The van der Waals surface area contributed by atoms with Gasteiger partial charge in [0.2, 0.25) is 0 Å². The first kappa shape index (κ1) is 22.9. The van der Waals surface area contributed by atoms with Gasteiger partial charge in [-0.1, -0.05) is 0 Å². The minimum Gasteiger partial charge on any atom is -0.444 e. The predicted octanol–water partition coefficient (Wildman–Crippen LogP) is 0.843. The van der Waals surface area contributed by atoms with Crippen LogP contribution in [0.4, 0.5) is 10.5 Å². The average molecular weight is 429 g/mol. The molecular weight excluding hydrogens is 400 g/mol. The topological polar surface area (TPSA) is 118 Å². The number of hydrogen-bond donors (Lipinski definition) is 1. The minimum absolute atomic E-state index is 0.130. The largest absolute Gasteiger partial charge is 0.444 e. The van der Waals surface area contributed by atoms with E-state index in [0.717, 1.165) is 6.26 Å². The minimum atomic E-state index is -3.65. The lowest BCUT2D eigenvalue weighted by molar-refractivity contribution is 0.0202. The fourth-order valence-electron chi connectivity index (χ4n) is 2.85. The maximum absolute atomic E-state index is 12.4. The molecule has 1 fully saturated rings. The molecule has 1 unspecified atom stereocenters. The zero-order chi connectivity index (χ0) is 21.8. The van der Waals surface area contributed by atoms with Crippen LogP contribution in [0.2, 0.25) is 0 Å². The molecule has 1 atom stereocenters. The van der Waals surface area contributed by atoms with Gasteiger partial charge in [-0.15, -0.1) is 0 Å². The van der Waals surface area contributed by atoms with Crippen molar-refractivity contribution in [3.8, 4) is 0 Å². The third-order valence-corrected chi connectivity index (χ3v) is 4.71. The summed E-state index contributed by atoms with van der Waals surface area (Å²) in [5.74, 6) is -0.303. The summed E-state index contributed by atoms with van der Waals surface area (Å²) in [5.41, 5.74) is 0.336. The van der Waals surface area contributed by atoms with Crippen molar-refractivity contribution < 1.29 is 26.9 Å². The van der Waals surface area contributed by atoms with Crippen molar-refractivity contribution in [1.82, 2.24) is 15.2 Å². The second kappa shape index (κ2) is 8.95. The van der Waals surface area contributed by atoms with E-state index in [1.807, 2.05) is 4.90 Å². The van der Waals surface area contributed by atoms with E-state index in [0.29, 0.717) is 18.8 Å². The van der Waals surface area contributed by atoms with E-state index in [1.165, 1.54) is 11.9 Å². The maximum atomic E-state index is 12.4. The molecule has 0 spiro atoms. The normalized spacial score (nSPS) is 17.8. The number of aromatic nitrogens is 1. The van der Waals surface area contributed by atoms with Crippen LogP contribution in [0.15, 0.2) is 18.3 Å². The van der Waals surface area contributed by atoms with Crippen LogP contribution in [0.25, 0.3) is 0 Å². The standard InChI is InChI=1S/C18H28N4O6S/c1-18(2,3)28-17(24)21-8-9-22(14(11-21)12-27-29(5,25)26)13-6-7-15(20-10-13)16(23)19-4/h6-7,10,14H,8-9,11-12H2,1-5H3,(H,19,23). The van der Waals surface area contributed by atoms with E-state index < -0.39 is 27.9 Å². The molecule has 10 nitrogen and oxygen atoms in total. The van der Waals surface area contributed by atoms with Crippen molar-refractivity contribution in [2.45, 2.75) is 32.4 Å². The number of carbonyl (C=O) groups is 2. The molecule has 1 saturated heterocycles. The second-order valence-electron chi connectivity index (χ2n) is 7.74. The molecule has 1 aromatic rings. The monoisotopic (exact) mass is 428 g/mol. The number of nitrogens with one attached hydrogen (secondary N) is 1. The zero-order valence-corrected chi connectivity index (χ0v) is 18.2. The molecule has 2 amide bonds. The summed E-state index contributed by atoms with van der Waals surface area (Å²) in [7, 11) is -2.13. The van der Waals surface area contributed by atoms with Crippen LogP contribution in [0.5, 0.6) is 0 Å². The molecule has 162 valence electrons. The molecule has 1 N–H and O–H groups in total. The fourth-order valence-corrected chi connectivity index (χ4v) is 3.25. The van der Waals surface area contributed by atoms with Crippen molar-refractivity contribution in [3.05, 3.63) is 24.0 Å². The molecule has 0 aliphatic carbocycles. The fraction of sp³-hybridized carbons (Fsp3) is 0.611. The van der Waals surface area contributed by atoms with Gasteiger partial charge in [0.15, 0.2) is 0 Å². The van der Waals surface area contributed by atoms with E-state index in [4.69, 9.17) is 8.92 Å². The lowest BCUT2D eigenvalue weighted by atomic mass is 10.1. The zero-order valence-electron chi connectivity index (χ0n) is 17.3. The molecule has 0 radical (unpaired) electrons. The van der Waals surface area contributed by atoms with Gasteiger partial charge in [0.05, 0.1) is 30.8 Å². The van der Waals surface area contributed by atoms with Gasteiger partial charge in [-0.3, -0.25) is 8.98 Å². The third-order valence-electron chi connectivity index (χ3n) is 4.15. The van der Waals surface area contributed by atoms with Gasteiger partial charge in [-0.05, 0) is 32.9 Å². The molecule has 29 heavy (non-hydrogen) atoms. The number of carbonyl (C=O) groups excluding carboxylic acids is 2. The summed E-state index contributed by atoms with van der Waals surface area (Å²) in [6, 6.07) is 2.88. The van der Waals surface area contributed by atoms with Crippen molar-refractivity contribution >= 4 is 27.8 Å². The Bertz CT molecular complexity index is 835. The molecule has 1 aromatic heterocycles. The summed E-state index contributed by atoms with van der Waals surface area (Å²) in [5, 5.41) is 2.50. The molecular formula is C18H28N4O6S. The highest BCUT2D eigenvalue weighted by Gasteiger charge is 2.33.